The first-order valence-electron chi connectivity index (χ1n) is 11.6. The second-order valence-corrected chi connectivity index (χ2v) is 9.52. The van der Waals surface area contributed by atoms with Gasteiger partial charge in [-0.3, -0.25) is 14.2 Å². The normalized spacial score (nSPS) is 16.2. The summed E-state index contributed by atoms with van der Waals surface area (Å²) in [5.41, 5.74) is 1.64. The van der Waals surface area contributed by atoms with Crippen molar-refractivity contribution in [3.63, 3.8) is 0 Å². The maximum Gasteiger partial charge on any atom is 0.337 e. The maximum absolute atomic E-state index is 13.3. The van der Waals surface area contributed by atoms with Crippen molar-refractivity contribution in [2.45, 2.75) is 43.5 Å². The molecule has 1 saturated heterocycles. The van der Waals surface area contributed by atoms with E-state index in [0.29, 0.717) is 41.3 Å². The molecule has 9 heteroatoms. The predicted molar refractivity (Wildman–Crippen MR) is 135 cm³/mol. The first-order valence-corrected chi connectivity index (χ1v) is 12.6. The van der Waals surface area contributed by atoms with Gasteiger partial charge in [0.25, 0.3) is 5.56 Å². The summed E-state index contributed by atoms with van der Waals surface area (Å²) in [6, 6.07) is 14.7. The molecule has 0 radical (unpaired) electrons. The molecule has 184 valence electrons. The van der Waals surface area contributed by atoms with E-state index in [1.165, 1.54) is 18.9 Å². The second kappa shape index (κ2) is 11.5. The Balaban J connectivity index is 1.53. The van der Waals surface area contributed by atoms with E-state index in [0.717, 1.165) is 18.4 Å². The van der Waals surface area contributed by atoms with Crippen LogP contribution in [-0.2, 0) is 20.8 Å². The molecule has 2 atom stereocenters. The fraction of sp³-hybridized carbons (Fsp3) is 0.385. The molecule has 1 aliphatic rings. The summed E-state index contributed by atoms with van der Waals surface area (Å²) in [7, 11) is 1.30. The number of carbonyl (C=O) groups is 2. The summed E-state index contributed by atoms with van der Waals surface area (Å²) < 4.78 is 12.1. The van der Waals surface area contributed by atoms with Crippen LogP contribution in [0.25, 0.3) is 10.9 Å². The van der Waals surface area contributed by atoms with Gasteiger partial charge in [-0.2, -0.15) is 0 Å². The molecule has 1 aromatic heterocycles. The lowest BCUT2D eigenvalue weighted by molar-refractivity contribution is -0.118. The van der Waals surface area contributed by atoms with Gasteiger partial charge >= 0.3 is 5.97 Å². The first kappa shape index (κ1) is 24.9. The molecule has 3 aromatic rings. The third-order valence-electron chi connectivity index (χ3n) is 6.06. The number of benzene rings is 2. The van der Waals surface area contributed by atoms with Crippen molar-refractivity contribution in [2.24, 2.45) is 0 Å². The minimum atomic E-state index is -0.502. The van der Waals surface area contributed by atoms with Crippen molar-refractivity contribution >= 4 is 34.5 Å². The minimum Gasteiger partial charge on any atom is -0.465 e. The molecule has 1 aliphatic heterocycles. The number of amides is 1. The molecule has 1 amide bonds. The van der Waals surface area contributed by atoms with Gasteiger partial charge in [0.15, 0.2) is 5.16 Å². The van der Waals surface area contributed by atoms with E-state index in [2.05, 4.69) is 17.2 Å². The summed E-state index contributed by atoms with van der Waals surface area (Å²) in [6.45, 7) is 3.62. The van der Waals surface area contributed by atoms with Crippen molar-refractivity contribution in [2.75, 3.05) is 26.0 Å². The summed E-state index contributed by atoms with van der Waals surface area (Å²) >= 11 is 1.20. The topological polar surface area (TPSA) is 99.5 Å². The molecular weight excluding hydrogens is 466 g/mol. The van der Waals surface area contributed by atoms with Crippen LogP contribution in [0, 0.1) is 0 Å². The van der Waals surface area contributed by atoms with Crippen LogP contribution in [0.5, 0.6) is 0 Å². The standard InChI is InChI=1S/C26H29N3O5S/c1-17(18-7-4-3-5-8-18)14-27-23(30)16-35-26-28-22-13-19(25(32)33-2)10-11-21(22)24(31)29(26)15-20-9-6-12-34-20/h3-5,7-8,10-11,13,17,20H,6,9,12,14-16H2,1-2H3,(H,27,30). The van der Waals surface area contributed by atoms with Gasteiger partial charge in [0.2, 0.25) is 5.91 Å². The third-order valence-corrected chi connectivity index (χ3v) is 7.03. The second-order valence-electron chi connectivity index (χ2n) is 8.57. The van der Waals surface area contributed by atoms with Crippen LogP contribution < -0.4 is 10.9 Å². The highest BCUT2D eigenvalue weighted by Gasteiger charge is 2.21. The Morgan fingerprint density at radius 3 is 2.77 bits per heavy atom. The average Bonchev–Trinajstić information content (AvgIpc) is 3.41. The lowest BCUT2D eigenvalue weighted by Crippen LogP contribution is -2.31. The Bertz CT molecular complexity index is 1260. The van der Waals surface area contributed by atoms with E-state index in [1.54, 1.807) is 22.8 Å². The zero-order valence-corrected chi connectivity index (χ0v) is 20.7. The van der Waals surface area contributed by atoms with E-state index in [-0.39, 0.29) is 29.2 Å². The maximum atomic E-state index is 13.3. The van der Waals surface area contributed by atoms with Crippen LogP contribution in [-0.4, -0.2) is 53.5 Å². The molecule has 2 heterocycles. The average molecular weight is 496 g/mol. The van der Waals surface area contributed by atoms with Crippen molar-refractivity contribution in [1.82, 2.24) is 14.9 Å². The highest BCUT2D eigenvalue weighted by molar-refractivity contribution is 7.99. The molecule has 4 rings (SSSR count). The van der Waals surface area contributed by atoms with Crippen LogP contribution in [0.3, 0.4) is 0 Å². The summed E-state index contributed by atoms with van der Waals surface area (Å²) in [5.74, 6) is -0.349. The van der Waals surface area contributed by atoms with Crippen molar-refractivity contribution in [1.29, 1.82) is 0 Å². The Morgan fingerprint density at radius 1 is 1.26 bits per heavy atom. The van der Waals surface area contributed by atoms with E-state index >= 15 is 0 Å². The van der Waals surface area contributed by atoms with Gasteiger partial charge < -0.3 is 14.8 Å². The number of hydrogen-bond donors (Lipinski definition) is 1. The number of carbonyl (C=O) groups excluding carboxylic acids is 2. The SMILES string of the molecule is COC(=O)c1ccc2c(=O)n(CC3CCCO3)c(SCC(=O)NCC(C)c3ccccc3)nc2c1. The molecule has 0 spiro atoms. The molecular formula is C26H29N3O5S. The van der Waals surface area contributed by atoms with Crippen molar-refractivity contribution < 1.29 is 19.1 Å². The van der Waals surface area contributed by atoms with Gasteiger partial charge in [-0.1, -0.05) is 49.0 Å². The van der Waals surface area contributed by atoms with E-state index in [1.807, 2.05) is 30.3 Å². The number of thioether (sulfide) groups is 1. The highest BCUT2D eigenvalue weighted by Crippen LogP contribution is 2.22. The fourth-order valence-electron chi connectivity index (χ4n) is 4.06. The van der Waals surface area contributed by atoms with Crippen LogP contribution in [0.15, 0.2) is 58.5 Å². The number of ether oxygens (including phenoxy) is 2. The minimum absolute atomic E-state index is 0.0683. The van der Waals surface area contributed by atoms with E-state index in [9.17, 15) is 14.4 Å². The summed E-state index contributed by atoms with van der Waals surface area (Å²) in [4.78, 5) is 42.6. The van der Waals surface area contributed by atoms with Gasteiger partial charge in [0.05, 0.1) is 42.0 Å². The zero-order chi connectivity index (χ0) is 24.8. The van der Waals surface area contributed by atoms with Gasteiger partial charge in [0.1, 0.15) is 0 Å². The molecule has 2 unspecified atom stereocenters. The molecule has 1 N–H and O–H groups in total. The number of aromatic nitrogens is 2. The summed E-state index contributed by atoms with van der Waals surface area (Å²) in [6.07, 6.45) is 1.75. The number of methoxy groups -OCH3 is 1. The zero-order valence-electron chi connectivity index (χ0n) is 19.9. The Kier molecular flexibility index (Phi) is 8.20. The summed E-state index contributed by atoms with van der Waals surface area (Å²) in [5, 5.41) is 3.79. The van der Waals surface area contributed by atoms with Gasteiger partial charge in [-0.25, -0.2) is 9.78 Å². The van der Waals surface area contributed by atoms with Crippen LogP contribution in [0.4, 0.5) is 0 Å². The number of rotatable bonds is 9. The van der Waals surface area contributed by atoms with Gasteiger partial charge in [0, 0.05) is 13.2 Å². The Labute approximate surface area is 208 Å². The molecule has 35 heavy (non-hydrogen) atoms. The lowest BCUT2D eigenvalue weighted by Gasteiger charge is -2.17. The molecule has 0 aliphatic carbocycles. The predicted octanol–water partition coefficient (Wildman–Crippen LogP) is 3.37. The molecule has 0 saturated carbocycles. The third kappa shape index (κ3) is 6.10. The van der Waals surface area contributed by atoms with Crippen molar-refractivity contribution in [3.8, 4) is 0 Å². The van der Waals surface area contributed by atoms with Crippen LogP contribution in [0.2, 0.25) is 0 Å². The lowest BCUT2D eigenvalue weighted by atomic mass is 10.0. The van der Waals surface area contributed by atoms with Gasteiger partial charge in [-0.05, 0) is 42.5 Å². The quantitative estimate of drug-likeness (QED) is 0.276. The smallest absolute Gasteiger partial charge is 0.337 e. The Hall–Kier alpha value is -3.17. The Morgan fingerprint density at radius 2 is 2.06 bits per heavy atom. The van der Waals surface area contributed by atoms with Gasteiger partial charge in [-0.15, -0.1) is 0 Å². The molecule has 1 fully saturated rings. The van der Waals surface area contributed by atoms with E-state index < -0.39 is 5.97 Å². The largest absolute Gasteiger partial charge is 0.465 e. The number of nitrogens with one attached hydrogen (secondary N) is 1. The monoisotopic (exact) mass is 495 g/mol. The number of esters is 1. The number of hydrogen-bond acceptors (Lipinski definition) is 7. The van der Waals surface area contributed by atoms with Crippen molar-refractivity contribution in [3.05, 3.63) is 70.0 Å². The fourth-order valence-corrected chi connectivity index (χ4v) is 4.89. The van der Waals surface area contributed by atoms with E-state index in [4.69, 9.17) is 9.47 Å². The molecule has 0 bridgehead atoms. The molecule has 8 nitrogen and oxygen atoms in total. The highest BCUT2D eigenvalue weighted by atomic mass is 32.2. The number of nitrogens with zero attached hydrogens (tertiary/aromatic N) is 2. The van der Waals surface area contributed by atoms with Crippen LogP contribution in [0.1, 0.15) is 41.6 Å². The van der Waals surface area contributed by atoms with Crippen LogP contribution >= 0.6 is 11.8 Å². The first-order chi connectivity index (χ1) is 17.0. The number of fused-ring (bicyclic) bond motifs is 1. The molecule has 2 aromatic carbocycles.